The van der Waals surface area contributed by atoms with Gasteiger partial charge in [0, 0.05) is 16.1 Å². The van der Waals surface area contributed by atoms with Gasteiger partial charge in [-0.15, -0.1) is 11.3 Å². The summed E-state index contributed by atoms with van der Waals surface area (Å²) in [5.41, 5.74) is 1.50. The van der Waals surface area contributed by atoms with Gasteiger partial charge in [-0.3, -0.25) is 4.79 Å². The highest BCUT2D eigenvalue weighted by molar-refractivity contribution is 7.89. The number of aryl methyl sites for hydroxylation is 1. The quantitative estimate of drug-likeness (QED) is 0.624. The van der Waals surface area contributed by atoms with Crippen LogP contribution in [0, 0.1) is 24.1 Å². The number of nitrogens with zero attached hydrogens (tertiary/aromatic N) is 3. The number of hydrogen-bond acceptors (Lipinski definition) is 7. The second-order valence-corrected chi connectivity index (χ2v) is 9.37. The molecule has 0 bridgehead atoms. The van der Waals surface area contributed by atoms with Gasteiger partial charge in [0.15, 0.2) is 5.13 Å². The molecule has 0 aliphatic heterocycles. The van der Waals surface area contributed by atoms with E-state index in [2.05, 4.69) is 4.98 Å². The van der Waals surface area contributed by atoms with Crippen LogP contribution in [0.2, 0.25) is 0 Å². The predicted molar refractivity (Wildman–Crippen MR) is 113 cm³/mol. The maximum atomic E-state index is 14.3. The van der Waals surface area contributed by atoms with Gasteiger partial charge >= 0.3 is 0 Å². The Bertz CT molecular complexity index is 1230. The van der Waals surface area contributed by atoms with E-state index in [1.807, 2.05) is 10.8 Å². The first-order valence-electron chi connectivity index (χ1n) is 8.68. The molecule has 0 fully saturated rings. The average molecular weight is 445 g/mol. The third kappa shape index (κ3) is 5.00. The molecular formula is C20H17FN4O3S2. The van der Waals surface area contributed by atoms with E-state index >= 15 is 0 Å². The Kier molecular flexibility index (Phi) is 6.14. The van der Waals surface area contributed by atoms with Gasteiger partial charge in [0.05, 0.1) is 24.4 Å². The standard InChI is InChI=1S/C20H17FN4O3S2/c1-13-18(19(26)24-30(2,27)28)23-20(29-13)25(12-15-5-3-4-6-17(15)21)16-9-7-14(11-22)8-10-16/h3-10H,12H2,1-2H3,(H,24,26). The molecule has 0 spiro atoms. The fourth-order valence-corrected chi connectivity index (χ4v) is 4.07. The molecule has 3 aromatic rings. The molecule has 0 unspecified atom stereocenters. The van der Waals surface area contributed by atoms with Gasteiger partial charge in [0.25, 0.3) is 5.91 Å². The number of sulfonamides is 1. The smallest absolute Gasteiger partial charge is 0.284 e. The van der Waals surface area contributed by atoms with Crippen LogP contribution in [-0.4, -0.2) is 25.6 Å². The Morgan fingerprint density at radius 2 is 1.90 bits per heavy atom. The molecule has 7 nitrogen and oxygen atoms in total. The molecule has 1 N–H and O–H groups in total. The molecule has 30 heavy (non-hydrogen) atoms. The van der Waals surface area contributed by atoms with Gasteiger partial charge in [0.2, 0.25) is 10.0 Å². The Morgan fingerprint density at radius 3 is 2.50 bits per heavy atom. The number of rotatable bonds is 6. The number of nitriles is 1. The third-order valence-electron chi connectivity index (χ3n) is 4.10. The second kappa shape index (κ2) is 8.61. The topological polar surface area (TPSA) is 103 Å². The normalized spacial score (nSPS) is 11.0. The molecular weight excluding hydrogens is 427 g/mol. The molecule has 3 rings (SSSR count). The summed E-state index contributed by atoms with van der Waals surface area (Å²) >= 11 is 1.18. The number of aromatic nitrogens is 1. The van der Waals surface area contributed by atoms with Gasteiger partial charge in [-0.1, -0.05) is 18.2 Å². The minimum atomic E-state index is -3.74. The van der Waals surface area contributed by atoms with Crippen molar-refractivity contribution in [3.05, 3.63) is 76.0 Å². The molecule has 1 heterocycles. The highest BCUT2D eigenvalue weighted by atomic mass is 32.2. The largest absolute Gasteiger partial charge is 0.313 e. The number of thiazole rings is 1. The summed E-state index contributed by atoms with van der Waals surface area (Å²) < 4.78 is 39.0. The molecule has 0 saturated heterocycles. The van der Waals surface area contributed by atoms with E-state index in [1.54, 1.807) is 54.3 Å². The van der Waals surface area contributed by atoms with Gasteiger partial charge in [-0.05, 0) is 37.3 Å². The lowest BCUT2D eigenvalue weighted by Gasteiger charge is -2.22. The van der Waals surface area contributed by atoms with Gasteiger partial charge in [0.1, 0.15) is 11.5 Å². The number of carbonyl (C=O) groups excluding carboxylic acids is 1. The molecule has 1 amide bonds. The average Bonchev–Trinajstić information content (AvgIpc) is 3.08. The number of amides is 1. The van der Waals surface area contributed by atoms with Crippen molar-refractivity contribution in [3.8, 4) is 6.07 Å². The fraction of sp³-hybridized carbons (Fsp3) is 0.150. The van der Waals surface area contributed by atoms with E-state index in [-0.39, 0.29) is 18.1 Å². The maximum Gasteiger partial charge on any atom is 0.284 e. The van der Waals surface area contributed by atoms with E-state index in [0.29, 0.717) is 26.8 Å². The minimum absolute atomic E-state index is 0.0207. The van der Waals surface area contributed by atoms with Crippen LogP contribution in [0.25, 0.3) is 0 Å². The highest BCUT2D eigenvalue weighted by Gasteiger charge is 2.23. The third-order valence-corrected chi connectivity index (χ3v) is 5.65. The van der Waals surface area contributed by atoms with Gasteiger partial charge < -0.3 is 4.90 Å². The lowest BCUT2D eigenvalue weighted by molar-refractivity contribution is 0.0977. The highest BCUT2D eigenvalue weighted by Crippen LogP contribution is 2.33. The van der Waals surface area contributed by atoms with Crippen LogP contribution in [-0.2, 0) is 16.6 Å². The summed E-state index contributed by atoms with van der Waals surface area (Å²) in [6.07, 6.45) is 0.884. The monoisotopic (exact) mass is 444 g/mol. The predicted octanol–water partition coefficient (Wildman–Crippen LogP) is 3.49. The lowest BCUT2D eigenvalue weighted by Crippen LogP contribution is -2.30. The molecule has 0 saturated carbocycles. The summed E-state index contributed by atoms with van der Waals surface area (Å²) in [5, 5.41) is 9.42. The fourth-order valence-electron chi connectivity index (χ4n) is 2.71. The van der Waals surface area contributed by atoms with Crippen LogP contribution in [0.4, 0.5) is 15.2 Å². The molecule has 2 aromatic carbocycles. The molecule has 1 aromatic heterocycles. The first-order valence-corrected chi connectivity index (χ1v) is 11.4. The van der Waals surface area contributed by atoms with Crippen molar-refractivity contribution in [1.29, 1.82) is 5.26 Å². The molecule has 0 radical (unpaired) electrons. The van der Waals surface area contributed by atoms with Crippen LogP contribution < -0.4 is 9.62 Å². The number of anilines is 2. The van der Waals surface area contributed by atoms with E-state index in [9.17, 15) is 17.6 Å². The number of halogens is 1. The first kappa shape index (κ1) is 21.4. The summed E-state index contributed by atoms with van der Waals surface area (Å²) in [7, 11) is -3.74. The number of nitrogens with one attached hydrogen (secondary N) is 1. The summed E-state index contributed by atoms with van der Waals surface area (Å²) in [4.78, 5) is 18.8. The second-order valence-electron chi connectivity index (χ2n) is 6.44. The van der Waals surface area contributed by atoms with Gasteiger partial charge in [-0.2, -0.15) is 5.26 Å². The van der Waals surface area contributed by atoms with Crippen LogP contribution >= 0.6 is 11.3 Å². The van der Waals surface area contributed by atoms with Crippen molar-refractivity contribution < 1.29 is 17.6 Å². The summed E-state index contributed by atoms with van der Waals surface area (Å²) in [5.74, 6) is -1.22. The van der Waals surface area contributed by atoms with Crippen LogP contribution in [0.15, 0.2) is 48.5 Å². The Morgan fingerprint density at radius 1 is 1.23 bits per heavy atom. The van der Waals surface area contributed by atoms with E-state index < -0.39 is 15.9 Å². The van der Waals surface area contributed by atoms with Crippen LogP contribution in [0.3, 0.4) is 0 Å². The zero-order valence-electron chi connectivity index (χ0n) is 16.1. The van der Waals surface area contributed by atoms with Crippen molar-refractivity contribution in [2.45, 2.75) is 13.5 Å². The summed E-state index contributed by atoms with van der Waals surface area (Å²) in [6, 6.07) is 15.0. The van der Waals surface area contributed by atoms with Crippen LogP contribution in [0.5, 0.6) is 0 Å². The zero-order valence-corrected chi connectivity index (χ0v) is 17.7. The van der Waals surface area contributed by atoms with E-state index in [4.69, 9.17) is 5.26 Å². The lowest BCUT2D eigenvalue weighted by atomic mass is 10.1. The van der Waals surface area contributed by atoms with Crippen LogP contribution in [0.1, 0.15) is 26.5 Å². The van der Waals surface area contributed by atoms with Gasteiger partial charge in [-0.25, -0.2) is 22.5 Å². The summed E-state index contributed by atoms with van der Waals surface area (Å²) in [6.45, 7) is 1.77. The van der Waals surface area contributed by atoms with Crippen molar-refractivity contribution in [3.63, 3.8) is 0 Å². The van der Waals surface area contributed by atoms with Crippen molar-refractivity contribution in [2.75, 3.05) is 11.2 Å². The molecule has 0 aliphatic carbocycles. The Labute approximate surface area is 177 Å². The molecule has 0 atom stereocenters. The van der Waals surface area contributed by atoms with E-state index in [1.165, 1.54) is 17.4 Å². The van der Waals surface area contributed by atoms with Crippen molar-refractivity contribution >= 4 is 38.1 Å². The number of carbonyl (C=O) groups is 1. The number of hydrogen-bond donors (Lipinski definition) is 1. The maximum absolute atomic E-state index is 14.3. The molecule has 0 aliphatic rings. The molecule has 154 valence electrons. The van der Waals surface area contributed by atoms with Crippen molar-refractivity contribution in [1.82, 2.24) is 9.71 Å². The Balaban J connectivity index is 2.04. The molecule has 10 heteroatoms. The SMILES string of the molecule is Cc1sc(N(Cc2ccccc2F)c2ccc(C#N)cc2)nc1C(=O)NS(C)(=O)=O. The zero-order chi connectivity index (χ0) is 21.9. The first-order chi connectivity index (χ1) is 14.2. The minimum Gasteiger partial charge on any atom is -0.313 e. The Hall–Kier alpha value is -3.29. The van der Waals surface area contributed by atoms with Crippen molar-refractivity contribution in [2.24, 2.45) is 0 Å². The van der Waals surface area contributed by atoms with E-state index in [0.717, 1.165) is 6.26 Å². The number of benzene rings is 2.